The monoisotopic (exact) mass is 309 g/mol. The van der Waals surface area contributed by atoms with Gasteiger partial charge in [-0.1, -0.05) is 0 Å². The molecule has 0 radical (unpaired) electrons. The largest absolute Gasteiger partial charge is 0.444 e. The topological polar surface area (TPSA) is 58.8 Å². The van der Waals surface area contributed by atoms with Crippen LogP contribution in [0.25, 0.3) is 0 Å². The van der Waals surface area contributed by atoms with E-state index < -0.39 is 5.60 Å². The van der Waals surface area contributed by atoms with Crippen LogP contribution >= 0.6 is 0 Å². The van der Waals surface area contributed by atoms with Crippen LogP contribution in [-0.4, -0.2) is 42.8 Å². The lowest BCUT2D eigenvalue weighted by molar-refractivity contribution is 0.0263. The number of ether oxygens (including phenoxy) is 1. The van der Waals surface area contributed by atoms with E-state index in [4.69, 9.17) is 10.5 Å². The molecule has 1 aromatic carbocycles. The second-order valence-corrected chi connectivity index (χ2v) is 6.51. The number of halogens is 1. The van der Waals surface area contributed by atoms with Crippen molar-refractivity contribution in [2.75, 3.05) is 36.8 Å². The Morgan fingerprint density at radius 3 is 2.59 bits per heavy atom. The molecule has 1 aromatic rings. The second-order valence-electron chi connectivity index (χ2n) is 6.51. The lowest BCUT2D eigenvalue weighted by atomic mass is 10.2. The summed E-state index contributed by atoms with van der Waals surface area (Å²) < 4.78 is 18.6. The quantitative estimate of drug-likeness (QED) is 0.810. The van der Waals surface area contributed by atoms with E-state index in [1.807, 2.05) is 20.8 Å². The zero-order chi connectivity index (χ0) is 16.3. The molecule has 0 saturated carbocycles. The summed E-state index contributed by atoms with van der Waals surface area (Å²) in [6.07, 6.45) is 0.525. The number of nitrogens with zero attached hydrogens (tertiary/aromatic N) is 2. The molecule has 2 rings (SSSR count). The van der Waals surface area contributed by atoms with Crippen molar-refractivity contribution in [1.82, 2.24) is 4.90 Å². The lowest BCUT2D eigenvalue weighted by Crippen LogP contribution is -2.39. The smallest absolute Gasteiger partial charge is 0.410 e. The van der Waals surface area contributed by atoms with Gasteiger partial charge in [-0.3, -0.25) is 0 Å². The highest BCUT2D eigenvalue weighted by Crippen LogP contribution is 2.25. The van der Waals surface area contributed by atoms with E-state index >= 15 is 0 Å². The van der Waals surface area contributed by atoms with Crippen LogP contribution in [0.1, 0.15) is 27.2 Å². The predicted molar refractivity (Wildman–Crippen MR) is 85.4 cm³/mol. The number of carbonyl (C=O) groups excluding carboxylic acids is 1. The van der Waals surface area contributed by atoms with Crippen LogP contribution in [0, 0.1) is 5.82 Å². The number of amides is 1. The van der Waals surface area contributed by atoms with Gasteiger partial charge in [0.25, 0.3) is 0 Å². The number of rotatable bonds is 1. The van der Waals surface area contributed by atoms with Crippen molar-refractivity contribution in [3.05, 3.63) is 24.0 Å². The molecule has 1 fully saturated rings. The predicted octanol–water partition coefficient (Wildman–Crippen LogP) is 2.86. The fraction of sp³-hybridized carbons (Fsp3) is 0.562. The summed E-state index contributed by atoms with van der Waals surface area (Å²) in [6, 6.07) is 4.42. The zero-order valence-corrected chi connectivity index (χ0v) is 13.4. The van der Waals surface area contributed by atoms with Crippen molar-refractivity contribution in [2.24, 2.45) is 0 Å². The molecule has 0 spiro atoms. The minimum absolute atomic E-state index is 0.290. The molecule has 1 aliphatic rings. The Morgan fingerprint density at radius 1 is 1.23 bits per heavy atom. The van der Waals surface area contributed by atoms with E-state index in [0.717, 1.165) is 18.7 Å². The lowest BCUT2D eigenvalue weighted by Gasteiger charge is -2.27. The van der Waals surface area contributed by atoms with Crippen molar-refractivity contribution >= 4 is 17.5 Å². The number of carbonyl (C=O) groups is 1. The first-order valence-electron chi connectivity index (χ1n) is 7.54. The van der Waals surface area contributed by atoms with Crippen molar-refractivity contribution in [2.45, 2.75) is 32.8 Å². The Bertz CT molecular complexity index is 543. The molecule has 6 heteroatoms. The van der Waals surface area contributed by atoms with E-state index in [-0.39, 0.29) is 11.9 Å². The van der Waals surface area contributed by atoms with Crippen molar-refractivity contribution in [3.63, 3.8) is 0 Å². The average Bonchev–Trinajstić information content (AvgIpc) is 2.62. The molecule has 22 heavy (non-hydrogen) atoms. The first kappa shape index (κ1) is 16.4. The number of benzene rings is 1. The van der Waals surface area contributed by atoms with Gasteiger partial charge in [-0.25, -0.2) is 9.18 Å². The van der Waals surface area contributed by atoms with E-state index in [0.29, 0.717) is 25.3 Å². The molecule has 122 valence electrons. The maximum absolute atomic E-state index is 13.2. The summed E-state index contributed by atoms with van der Waals surface area (Å²) >= 11 is 0. The van der Waals surface area contributed by atoms with Crippen molar-refractivity contribution in [3.8, 4) is 0 Å². The van der Waals surface area contributed by atoms with Gasteiger partial charge in [0.15, 0.2) is 0 Å². The van der Waals surface area contributed by atoms with Crippen LogP contribution in [0.2, 0.25) is 0 Å². The molecule has 5 nitrogen and oxygen atoms in total. The zero-order valence-electron chi connectivity index (χ0n) is 13.4. The number of anilines is 2. The fourth-order valence-electron chi connectivity index (χ4n) is 2.48. The number of hydrogen-bond donors (Lipinski definition) is 1. The standard InChI is InChI=1S/C16H24FN3O2/c1-16(2,3)22-15(21)20-8-4-7-19(9-10-20)14-6-5-12(17)11-13(14)18/h5-6,11H,4,7-10,18H2,1-3H3. The average molecular weight is 309 g/mol. The van der Waals surface area contributed by atoms with Crippen LogP contribution < -0.4 is 10.6 Å². The Morgan fingerprint density at radius 2 is 1.95 bits per heavy atom. The van der Waals surface area contributed by atoms with E-state index in [1.165, 1.54) is 12.1 Å². The first-order chi connectivity index (χ1) is 10.3. The maximum atomic E-state index is 13.2. The Labute approximate surface area is 130 Å². The molecule has 0 unspecified atom stereocenters. The Hall–Kier alpha value is -1.98. The van der Waals surface area contributed by atoms with Gasteiger partial charge >= 0.3 is 6.09 Å². The van der Waals surface area contributed by atoms with Crippen LogP contribution in [0.3, 0.4) is 0 Å². The first-order valence-corrected chi connectivity index (χ1v) is 7.54. The van der Waals surface area contributed by atoms with Crippen molar-refractivity contribution in [1.29, 1.82) is 0 Å². The summed E-state index contributed by atoms with van der Waals surface area (Å²) in [5, 5.41) is 0. The van der Waals surface area contributed by atoms with Gasteiger partial charge in [0, 0.05) is 26.2 Å². The molecular weight excluding hydrogens is 285 g/mol. The van der Waals surface area contributed by atoms with Gasteiger partial charge in [0.2, 0.25) is 0 Å². The van der Waals surface area contributed by atoms with Crippen LogP contribution in [0.5, 0.6) is 0 Å². The minimum atomic E-state index is -0.496. The van der Waals surface area contributed by atoms with Gasteiger partial charge in [-0.05, 0) is 45.4 Å². The highest BCUT2D eigenvalue weighted by atomic mass is 19.1. The summed E-state index contributed by atoms with van der Waals surface area (Å²) in [4.78, 5) is 15.9. The summed E-state index contributed by atoms with van der Waals surface area (Å²) in [7, 11) is 0. The normalized spacial score (nSPS) is 16.4. The van der Waals surface area contributed by atoms with Crippen molar-refractivity contribution < 1.29 is 13.9 Å². The summed E-state index contributed by atoms with van der Waals surface area (Å²) in [6.45, 7) is 8.19. The van der Waals surface area contributed by atoms with Crippen LogP contribution in [0.15, 0.2) is 18.2 Å². The van der Waals surface area contributed by atoms with Gasteiger partial charge in [0.05, 0.1) is 11.4 Å². The van der Waals surface area contributed by atoms with Gasteiger partial charge in [0.1, 0.15) is 11.4 Å². The molecule has 1 heterocycles. The van der Waals surface area contributed by atoms with E-state index in [1.54, 1.807) is 11.0 Å². The van der Waals surface area contributed by atoms with E-state index in [2.05, 4.69) is 4.90 Å². The SMILES string of the molecule is CC(C)(C)OC(=O)N1CCCN(c2ccc(F)cc2N)CC1. The Balaban J connectivity index is 2.02. The molecule has 1 saturated heterocycles. The second kappa shape index (κ2) is 6.42. The number of hydrogen-bond acceptors (Lipinski definition) is 4. The molecule has 2 N–H and O–H groups in total. The number of nitrogen functional groups attached to an aromatic ring is 1. The fourth-order valence-corrected chi connectivity index (χ4v) is 2.48. The molecule has 0 atom stereocenters. The Kier molecular flexibility index (Phi) is 4.78. The molecular formula is C16H24FN3O2. The van der Waals surface area contributed by atoms with Crippen LogP contribution in [-0.2, 0) is 4.74 Å². The minimum Gasteiger partial charge on any atom is -0.444 e. The highest BCUT2D eigenvalue weighted by Gasteiger charge is 2.24. The van der Waals surface area contributed by atoms with Crippen LogP contribution in [0.4, 0.5) is 20.6 Å². The van der Waals surface area contributed by atoms with Gasteiger partial charge < -0.3 is 20.3 Å². The van der Waals surface area contributed by atoms with Gasteiger partial charge in [-0.15, -0.1) is 0 Å². The highest BCUT2D eigenvalue weighted by molar-refractivity contribution is 5.69. The number of nitrogens with two attached hydrogens (primary N) is 1. The van der Waals surface area contributed by atoms with E-state index in [9.17, 15) is 9.18 Å². The molecule has 0 aliphatic carbocycles. The maximum Gasteiger partial charge on any atom is 0.410 e. The molecule has 0 aromatic heterocycles. The third-order valence-corrected chi connectivity index (χ3v) is 3.48. The van der Waals surface area contributed by atoms with Gasteiger partial charge in [-0.2, -0.15) is 0 Å². The summed E-state index contributed by atoms with van der Waals surface area (Å²) in [5.41, 5.74) is 6.63. The third-order valence-electron chi connectivity index (χ3n) is 3.48. The summed E-state index contributed by atoms with van der Waals surface area (Å²) in [5.74, 6) is -0.341. The molecule has 0 bridgehead atoms. The molecule has 1 aliphatic heterocycles. The molecule has 1 amide bonds. The third kappa shape index (κ3) is 4.26.